The molecule has 1 N–H and O–H groups in total. The van der Waals surface area contributed by atoms with E-state index in [9.17, 15) is 8.78 Å². The van der Waals surface area contributed by atoms with Crippen LogP contribution in [0.25, 0.3) is 16.9 Å². The molecule has 134 valence electrons. The van der Waals surface area contributed by atoms with E-state index in [1.165, 1.54) is 12.1 Å². The van der Waals surface area contributed by atoms with E-state index in [0.29, 0.717) is 17.0 Å². The fraction of sp³-hybridized carbons (Fsp3) is 0.250. The molecule has 4 rings (SSSR count). The second kappa shape index (κ2) is 6.78. The van der Waals surface area contributed by atoms with Gasteiger partial charge in [0.25, 0.3) is 0 Å². The number of ether oxygens (including phenoxy) is 1. The van der Waals surface area contributed by atoms with Crippen molar-refractivity contribution >= 4 is 5.82 Å². The topological polar surface area (TPSA) is 39.1 Å². The number of hydrogen-bond acceptors (Lipinski definition) is 3. The number of aromatic nitrogens is 2. The Labute approximate surface area is 150 Å². The van der Waals surface area contributed by atoms with Crippen LogP contribution in [0.4, 0.5) is 14.6 Å². The standard InChI is InChI=1S/C20H19F2N3O/c1-26-18-8-3-2-7-17(18)25-20-15(6-4-5-11-23-20)19(24-25)14-10-9-13(21)12-16(14)22/h2-3,7-10,12,23H,4-6,11H2,1H3. The Morgan fingerprint density at radius 1 is 1.12 bits per heavy atom. The van der Waals surface area contributed by atoms with Gasteiger partial charge >= 0.3 is 0 Å². The van der Waals surface area contributed by atoms with Crippen molar-refractivity contribution in [2.75, 3.05) is 19.0 Å². The van der Waals surface area contributed by atoms with Crippen molar-refractivity contribution in [1.29, 1.82) is 0 Å². The lowest BCUT2D eigenvalue weighted by molar-refractivity contribution is 0.412. The van der Waals surface area contributed by atoms with Gasteiger partial charge in [0.2, 0.25) is 0 Å². The van der Waals surface area contributed by atoms with Crippen LogP contribution in [0.1, 0.15) is 18.4 Å². The molecule has 6 heteroatoms. The predicted octanol–water partition coefficient (Wildman–Crippen LogP) is 4.57. The first-order valence-corrected chi connectivity index (χ1v) is 8.63. The van der Waals surface area contributed by atoms with Gasteiger partial charge < -0.3 is 10.1 Å². The summed E-state index contributed by atoms with van der Waals surface area (Å²) < 4.78 is 35.0. The molecule has 0 bridgehead atoms. The van der Waals surface area contributed by atoms with Crippen LogP contribution in [0.3, 0.4) is 0 Å². The summed E-state index contributed by atoms with van der Waals surface area (Å²) in [6, 6.07) is 11.2. The third-order valence-electron chi connectivity index (χ3n) is 4.63. The average molecular weight is 355 g/mol. The van der Waals surface area contributed by atoms with Gasteiger partial charge in [-0.2, -0.15) is 5.10 Å². The first-order valence-electron chi connectivity index (χ1n) is 8.63. The van der Waals surface area contributed by atoms with E-state index < -0.39 is 11.6 Å². The number of anilines is 1. The lowest BCUT2D eigenvalue weighted by Gasteiger charge is -2.12. The third kappa shape index (κ3) is 2.81. The van der Waals surface area contributed by atoms with E-state index in [-0.39, 0.29) is 0 Å². The minimum Gasteiger partial charge on any atom is -0.494 e. The van der Waals surface area contributed by atoms with Crippen LogP contribution in [0, 0.1) is 11.6 Å². The summed E-state index contributed by atoms with van der Waals surface area (Å²) in [6.45, 7) is 0.819. The molecule has 0 atom stereocenters. The Balaban J connectivity index is 1.95. The first kappa shape index (κ1) is 16.6. The Hall–Kier alpha value is -2.89. The molecule has 2 heterocycles. The molecular weight excluding hydrogens is 336 g/mol. The van der Waals surface area contributed by atoms with Crippen LogP contribution in [-0.2, 0) is 6.42 Å². The number of halogens is 2. The summed E-state index contributed by atoms with van der Waals surface area (Å²) in [4.78, 5) is 0. The number of rotatable bonds is 3. The van der Waals surface area contributed by atoms with Gasteiger partial charge in [-0.25, -0.2) is 13.5 Å². The van der Waals surface area contributed by atoms with Crippen molar-refractivity contribution < 1.29 is 13.5 Å². The molecule has 0 saturated carbocycles. The number of benzene rings is 2. The average Bonchev–Trinajstić information content (AvgIpc) is 2.83. The fourth-order valence-electron chi connectivity index (χ4n) is 3.38. The van der Waals surface area contributed by atoms with Crippen LogP contribution in [-0.4, -0.2) is 23.4 Å². The van der Waals surface area contributed by atoms with E-state index in [0.717, 1.165) is 48.9 Å². The summed E-state index contributed by atoms with van der Waals surface area (Å²) in [6.07, 6.45) is 2.78. The van der Waals surface area contributed by atoms with E-state index >= 15 is 0 Å². The Morgan fingerprint density at radius 2 is 1.96 bits per heavy atom. The third-order valence-corrected chi connectivity index (χ3v) is 4.63. The quantitative estimate of drug-likeness (QED) is 0.748. The van der Waals surface area contributed by atoms with Crippen LogP contribution >= 0.6 is 0 Å². The number of para-hydroxylation sites is 2. The maximum absolute atomic E-state index is 14.4. The number of nitrogens with zero attached hydrogens (tertiary/aromatic N) is 2. The van der Waals surface area contributed by atoms with Gasteiger partial charge in [0, 0.05) is 23.7 Å². The van der Waals surface area contributed by atoms with Crippen molar-refractivity contribution in [2.45, 2.75) is 19.3 Å². The summed E-state index contributed by atoms with van der Waals surface area (Å²) in [5.41, 5.74) is 2.56. The highest BCUT2D eigenvalue weighted by Crippen LogP contribution is 2.36. The van der Waals surface area contributed by atoms with Crippen molar-refractivity contribution in [2.24, 2.45) is 0 Å². The molecule has 0 spiro atoms. The summed E-state index contributed by atoms with van der Waals surface area (Å²) in [7, 11) is 1.61. The molecule has 0 unspecified atom stereocenters. The Bertz CT molecular complexity index is 952. The van der Waals surface area contributed by atoms with Crippen LogP contribution in [0.5, 0.6) is 5.75 Å². The monoisotopic (exact) mass is 355 g/mol. The second-order valence-electron chi connectivity index (χ2n) is 6.27. The van der Waals surface area contributed by atoms with E-state index in [1.807, 2.05) is 24.3 Å². The van der Waals surface area contributed by atoms with E-state index in [2.05, 4.69) is 10.4 Å². The molecule has 0 aliphatic carbocycles. The zero-order valence-electron chi connectivity index (χ0n) is 14.4. The molecule has 1 aromatic heterocycles. The number of nitrogens with one attached hydrogen (secondary N) is 1. The molecule has 0 saturated heterocycles. The molecule has 0 fully saturated rings. The SMILES string of the molecule is COc1ccccc1-n1nc(-c2ccc(F)cc2F)c2c1NCCCC2. The molecule has 3 aromatic rings. The highest BCUT2D eigenvalue weighted by atomic mass is 19.1. The second-order valence-corrected chi connectivity index (χ2v) is 6.27. The Kier molecular flexibility index (Phi) is 4.32. The van der Waals surface area contributed by atoms with Crippen LogP contribution < -0.4 is 10.1 Å². The first-order chi connectivity index (χ1) is 12.7. The largest absolute Gasteiger partial charge is 0.494 e. The van der Waals surface area contributed by atoms with Gasteiger partial charge in [-0.1, -0.05) is 12.1 Å². The lowest BCUT2D eigenvalue weighted by atomic mass is 10.0. The Morgan fingerprint density at radius 3 is 2.77 bits per heavy atom. The maximum Gasteiger partial charge on any atom is 0.144 e. The highest BCUT2D eigenvalue weighted by Gasteiger charge is 2.24. The van der Waals surface area contributed by atoms with Gasteiger partial charge in [0.05, 0.1) is 7.11 Å². The minimum atomic E-state index is -0.610. The fourth-order valence-corrected chi connectivity index (χ4v) is 3.38. The molecule has 2 aromatic carbocycles. The minimum absolute atomic E-state index is 0.306. The highest BCUT2D eigenvalue weighted by molar-refractivity contribution is 5.72. The van der Waals surface area contributed by atoms with Gasteiger partial charge in [0.1, 0.15) is 34.6 Å². The summed E-state index contributed by atoms with van der Waals surface area (Å²) in [5.74, 6) is 0.307. The molecule has 0 amide bonds. The van der Waals surface area contributed by atoms with E-state index in [4.69, 9.17) is 4.74 Å². The molecular formula is C20H19F2N3O. The molecule has 26 heavy (non-hydrogen) atoms. The van der Waals surface area contributed by atoms with Crippen molar-refractivity contribution in [3.63, 3.8) is 0 Å². The molecule has 0 radical (unpaired) electrons. The molecule has 1 aliphatic heterocycles. The smallest absolute Gasteiger partial charge is 0.144 e. The number of fused-ring (bicyclic) bond motifs is 1. The zero-order valence-corrected chi connectivity index (χ0v) is 14.4. The van der Waals surface area contributed by atoms with Crippen molar-refractivity contribution in [3.05, 3.63) is 59.7 Å². The lowest BCUT2D eigenvalue weighted by Crippen LogP contribution is -2.08. The number of hydrogen-bond donors (Lipinski definition) is 1. The molecule has 4 nitrogen and oxygen atoms in total. The maximum atomic E-state index is 14.4. The molecule has 1 aliphatic rings. The normalized spacial score (nSPS) is 13.7. The van der Waals surface area contributed by atoms with Gasteiger partial charge in [-0.05, 0) is 43.5 Å². The van der Waals surface area contributed by atoms with Gasteiger partial charge in [0.15, 0.2) is 0 Å². The van der Waals surface area contributed by atoms with Gasteiger partial charge in [-0.3, -0.25) is 0 Å². The zero-order chi connectivity index (χ0) is 18.1. The van der Waals surface area contributed by atoms with Crippen LogP contribution in [0.15, 0.2) is 42.5 Å². The summed E-state index contributed by atoms with van der Waals surface area (Å²) in [5, 5.41) is 8.10. The predicted molar refractivity (Wildman–Crippen MR) is 96.9 cm³/mol. The van der Waals surface area contributed by atoms with E-state index in [1.54, 1.807) is 11.8 Å². The van der Waals surface area contributed by atoms with Crippen LogP contribution in [0.2, 0.25) is 0 Å². The summed E-state index contributed by atoms with van der Waals surface area (Å²) >= 11 is 0. The van der Waals surface area contributed by atoms with Crippen molar-refractivity contribution in [3.8, 4) is 22.7 Å². The van der Waals surface area contributed by atoms with Crippen molar-refractivity contribution in [1.82, 2.24) is 9.78 Å². The number of methoxy groups -OCH3 is 1. The van der Waals surface area contributed by atoms with Gasteiger partial charge in [-0.15, -0.1) is 0 Å².